The van der Waals surface area contributed by atoms with E-state index in [0.29, 0.717) is 24.0 Å². The quantitative estimate of drug-likeness (QED) is 0.814. The van der Waals surface area contributed by atoms with Crippen molar-refractivity contribution in [3.8, 4) is 11.5 Å². The van der Waals surface area contributed by atoms with Crippen molar-refractivity contribution in [2.45, 2.75) is 12.8 Å². The Labute approximate surface area is 120 Å². The number of benzene rings is 1. The van der Waals surface area contributed by atoms with Crippen molar-refractivity contribution in [3.05, 3.63) is 28.2 Å². The maximum atomic E-state index is 10.5. The number of methoxy groups -OCH3 is 1. The van der Waals surface area contributed by atoms with Crippen LogP contribution in [0.2, 0.25) is 0 Å². The predicted molar refractivity (Wildman–Crippen MR) is 75.6 cm³/mol. The Balaban J connectivity index is 2.20. The lowest BCUT2D eigenvalue weighted by Crippen LogP contribution is -2.02. The predicted octanol–water partition coefficient (Wildman–Crippen LogP) is 3.34. The van der Waals surface area contributed by atoms with Crippen molar-refractivity contribution in [1.29, 1.82) is 0 Å². The van der Waals surface area contributed by atoms with Crippen LogP contribution < -0.4 is 9.47 Å². The average Bonchev–Trinajstić information content (AvgIpc) is 3.18. The largest absolute Gasteiger partial charge is 0.493 e. The van der Waals surface area contributed by atoms with Crippen LogP contribution in [0.15, 0.2) is 22.7 Å². The molecule has 2 rings (SSSR count). The number of ether oxygens (including phenoxy) is 2. The van der Waals surface area contributed by atoms with Gasteiger partial charge in [-0.3, -0.25) is 0 Å². The highest BCUT2D eigenvalue weighted by Gasteiger charge is 2.23. The summed E-state index contributed by atoms with van der Waals surface area (Å²) in [6.07, 6.45) is 5.05. The van der Waals surface area contributed by atoms with Gasteiger partial charge in [0.2, 0.25) is 0 Å². The number of rotatable bonds is 6. The number of halogens is 1. The summed E-state index contributed by atoms with van der Waals surface area (Å²) in [4.78, 5) is 10.5. The number of carbonyl (C=O) groups is 1. The molecule has 0 amide bonds. The molecule has 5 heteroatoms. The van der Waals surface area contributed by atoms with Crippen LogP contribution in [-0.4, -0.2) is 24.8 Å². The smallest absolute Gasteiger partial charge is 0.328 e. The topological polar surface area (TPSA) is 55.8 Å². The molecule has 0 unspecified atom stereocenters. The number of carboxylic acids is 1. The Morgan fingerprint density at radius 1 is 1.53 bits per heavy atom. The van der Waals surface area contributed by atoms with Crippen molar-refractivity contribution in [1.82, 2.24) is 0 Å². The molecule has 1 fully saturated rings. The highest BCUT2D eigenvalue weighted by molar-refractivity contribution is 9.10. The van der Waals surface area contributed by atoms with E-state index in [2.05, 4.69) is 15.9 Å². The summed E-state index contributed by atoms with van der Waals surface area (Å²) in [5.41, 5.74) is 0.741. The van der Waals surface area contributed by atoms with Gasteiger partial charge in [0.1, 0.15) is 0 Å². The van der Waals surface area contributed by atoms with Gasteiger partial charge in [-0.2, -0.15) is 0 Å². The Morgan fingerprint density at radius 3 is 2.84 bits per heavy atom. The van der Waals surface area contributed by atoms with Crippen LogP contribution in [-0.2, 0) is 4.79 Å². The molecule has 4 nitrogen and oxygen atoms in total. The molecule has 1 N–H and O–H groups in total. The van der Waals surface area contributed by atoms with Crippen LogP contribution in [0.4, 0.5) is 0 Å². The van der Waals surface area contributed by atoms with Crippen molar-refractivity contribution in [3.63, 3.8) is 0 Å². The Kier molecular flexibility index (Phi) is 4.47. The molecule has 0 bridgehead atoms. The van der Waals surface area contributed by atoms with Crippen LogP contribution in [0.1, 0.15) is 18.4 Å². The number of carboxylic acid groups (broad SMARTS) is 1. The van der Waals surface area contributed by atoms with Gasteiger partial charge < -0.3 is 14.6 Å². The van der Waals surface area contributed by atoms with E-state index in [9.17, 15) is 4.79 Å². The van der Waals surface area contributed by atoms with Gasteiger partial charge in [0, 0.05) is 6.08 Å². The van der Waals surface area contributed by atoms with E-state index in [-0.39, 0.29) is 0 Å². The molecule has 0 heterocycles. The van der Waals surface area contributed by atoms with Gasteiger partial charge >= 0.3 is 5.97 Å². The minimum absolute atomic E-state index is 0.597. The third-order valence-electron chi connectivity index (χ3n) is 2.83. The first kappa shape index (κ1) is 13.9. The summed E-state index contributed by atoms with van der Waals surface area (Å²) in [5.74, 6) is 0.939. The molecular weight excluding hydrogens is 312 g/mol. The van der Waals surface area contributed by atoms with E-state index >= 15 is 0 Å². The van der Waals surface area contributed by atoms with Crippen LogP contribution in [0.3, 0.4) is 0 Å². The van der Waals surface area contributed by atoms with E-state index in [1.807, 2.05) is 6.07 Å². The summed E-state index contributed by atoms with van der Waals surface area (Å²) in [6.45, 7) is 0.694. The summed E-state index contributed by atoms with van der Waals surface area (Å²) in [5, 5.41) is 8.62. The molecule has 0 radical (unpaired) electrons. The molecule has 0 aliphatic heterocycles. The molecule has 0 saturated heterocycles. The minimum Gasteiger partial charge on any atom is -0.493 e. The monoisotopic (exact) mass is 326 g/mol. The lowest BCUT2D eigenvalue weighted by molar-refractivity contribution is -0.131. The van der Waals surface area contributed by atoms with Crippen LogP contribution in [0.5, 0.6) is 11.5 Å². The van der Waals surface area contributed by atoms with Crippen molar-refractivity contribution in [2.75, 3.05) is 13.7 Å². The maximum Gasteiger partial charge on any atom is 0.328 e. The highest BCUT2D eigenvalue weighted by Crippen LogP contribution is 2.39. The normalized spacial score (nSPS) is 14.6. The second-order valence-corrected chi connectivity index (χ2v) is 5.31. The fraction of sp³-hybridized carbons (Fsp3) is 0.357. The van der Waals surface area contributed by atoms with E-state index in [1.54, 1.807) is 13.2 Å². The van der Waals surface area contributed by atoms with E-state index < -0.39 is 5.97 Å². The van der Waals surface area contributed by atoms with Crippen LogP contribution in [0, 0.1) is 5.92 Å². The second kappa shape index (κ2) is 6.10. The van der Waals surface area contributed by atoms with Crippen LogP contribution >= 0.6 is 15.9 Å². The van der Waals surface area contributed by atoms with E-state index in [4.69, 9.17) is 14.6 Å². The van der Waals surface area contributed by atoms with Crippen LogP contribution in [0.25, 0.3) is 6.08 Å². The number of hydrogen-bond acceptors (Lipinski definition) is 3. The third kappa shape index (κ3) is 3.99. The second-order valence-electron chi connectivity index (χ2n) is 4.46. The molecule has 0 atom stereocenters. The van der Waals surface area contributed by atoms with Gasteiger partial charge in [-0.25, -0.2) is 4.79 Å². The van der Waals surface area contributed by atoms with Gasteiger partial charge in [0.25, 0.3) is 0 Å². The average molecular weight is 327 g/mol. The zero-order valence-electron chi connectivity index (χ0n) is 10.6. The van der Waals surface area contributed by atoms with Gasteiger partial charge in [-0.05, 0) is 58.5 Å². The first-order chi connectivity index (χ1) is 9.10. The molecule has 1 aromatic rings. The molecule has 0 spiro atoms. The molecular formula is C14H15BrO4. The lowest BCUT2D eigenvalue weighted by Gasteiger charge is -2.13. The summed E-state index contributed by atoms with van der Waals surface area (Å²) < 4.78 is 11.8. The first-order valence-corrected chi connectivity index (χ1v) is 6.81. The van der Waals surface area contributed by atoms with Gasteiger partial charge in [-0.1, -0.05) is 0 Å². The highest BCUT2D eigenvalue weighted by atomic mass is 79.9. The third-order valence-corrected chi connectivity index (χ3v) is 3.42. The fourth-order valence-corrected chi connectivity index (χ4v) is 2.20. The minimum atomic E-state index is -0.982. The molecule has 1 aromatic carbocycles. The van der Waals surface area contributed by atoms with Crippen molar-refractivity contribution < 1.29 is 19.4 Å². The van der Waals surface area contributed by atoms with Gasteiger partial charge in [0.05, 0.1) is 18.2 Å². The zero-order chi connectivity index (χ0) is 13.8. The summed E-state index contributed by atoms with van der Waals surface area (Å²) in [7, 11) is 1.57. The molecule has 1 saturated carbocycles. The maximum absolute atomic E-state index is 10.5. The molecule has 102 valence electrons. The van der Waals surface area contributed by atoms with Gasteiger partial charge in [-0.15, -0.1) is 0 Å². The standard InChI is InChI=1S/C14H15BrO4/c1-18-12-7-10(4-5-13(16)17)6-11(15)14(12)19-8-9-2-3-9/h4-7,9H,2-3,8H2,1H3,(H,16,17)/b5-4+. The summed E-state index contributed by atoms with van der Waals surface area (Å²) in [6, 6.07) is 3.57. The number of aliphatic carboxylic acids is 1. The Bertz CT molecular complexity index is 506. The molecule has 0 aromatic heterocycles. The summed E-state index contributed by atoms with van der Waals surface area (Å²) >= 11 is 3.43. The van der Waals surface area contributed by atoms with Crippen molar-refractivity contribution >= 4 is 28.0 Å². The Hall–Kier alpha value is -1.49. The molecule has 19 heavy (non-hydrogen) atoms. The first-order valence-electron chi connectivity index (χ1n) is 6.01. The van der Waals surface area contributed by atoms with Crippen molar-refractivity contribution in [2.24, 2.45) is 5.92 Å². The fourth-order valence-electron chi connectivity index (χ4n) is 1.63. The van der Waals surface area contributed by atoms with E-state index in [0.717, 1.165) is 16.1 Å². The lowest BCUT2D eigenvalue weighted by atomic mass is 10.2. The zero-order valence-corrected chi connectivity index (χ0v) is 12.1. The SMILES string of the molecule is COc1cc(/C=C/C(=O)O)cc(Br)c1OCC1CC1. The van der Waals surface area contributed by atoms with E-state index in [1.165, 1.54) is 18.9 Å². The molecule has 1 aliphatic carbocycles. The number of hydrogen-bond donors (Lipinski definition) is 1. The van der Waals surface area contributed by atoms with Gasteiger partial charge in [0.15, 0.2) is 11.5 Å². The molecule has 1 aliphatic rings. The Morgan fingerprint density at radius 2 is 2.26 bits per heavy atom.